The van der Waals surface area contributed by atoms with E-state index in [9.17, 15) is 4.79 Å². The highest BCUT2D eigenvalue weighted by Gasteiger charge is 2.05. The number of terminal acetylenes is 1. The normalized spacial score (nSPS) is 9.43. The summed E-state index contributed by atoms with van der Waals surface area (Å²) in [5.74, 6) is 2.59. The van der Waals surface area contributed by atoms with E-state index >= 15 is 0 Å². The Kier molecular flexibility index (Phi) is 3.87. The van der Waals surface area contributed by atoms with Gasteiger partial charge in [0.05, 0.1) is 0 Å². The third-order valence-corrected chi connectivity index (χ3v) is 1.90. The second-order valence-corrected chi connectivity index (χ2v) is 3.15. The summed E-state index contributed by atoms with van der Waals surface area (Å²) in [6.45, 7) is 1.87. The van der Waals surface area contributed by atoms with E-state index < -0.39 is 0 Å². The Labute approximate surface area is 84.4 Å². The van der Waals surface area contributed by atoms with E-state index in [4.69, 9.17) is 6.42 Å². The van der Waals surface area contributed by atoms with Gasteiger partial charge in [-0.2, -0.15) is 0 Å². The molecule has 1 rings (SSSR count). The summed E-state index contributed by atoms with van der Waals surface area (Å²) in [5.41, 5.74) is 1.41. The van der Waals surface area contributed by atoms with Crippen molar-refractivity contribution in [1.29, 1.82) is 0 Å². The van der Waals surface area contributed by atoms with Crippen LogP contribution in [0.1, 0.15) is 35.4 Å². The zero-order chi connectivity index (χ0) is 10.4. The van der Waals surface area contributed by atoms with Crippen LogP contribution in [0, 0.1) is 19.3 Å². The number of aryl methyl sites for hydroxylation is 1. The van der Waals surface area contributed by atoms with Crippen LogP contribution >= 0.6 is 0 Å². The molecule has 0 saturated carbocycles. The number of nitrogens with zero attached hydrogens (tertiary/aromatic N) is 1. The lowest BCUT2D eigenvalue weighted by atomic mass is 10.1. The van der Waals surface area contributed by atoms with Crippen LogP contribution in [0.4, 0.5) is 0 Å². The van der Waals surface area contributed by atoms with Gasteiger partial charge in [-0.25, -0.2) is 0 Å². The molecule has 0 aliphatic heterocycles. The van der Waals surface area contributed by atoms with Gasteiger partial charge in [0, 0.05) is 18.5 Å². The summed E-state index contributed by atoms with van der Waals surface area (Å²) in [6.07, 6.45) is 6.98. The van der Waals surface area contributed by atoms with Crippen molar-refractivity contribution in [2.45, 2.75) is 26.2 Å². The van der Waals surface area contributed by atoms with Crippen LogP contribution in [0.15, 0.2) is 18.2 Å². The van der Waals surface area contributed by atoms with E-state index in [0.29, 0.717) is 18.5 Å². The Morgan fingerprint density at radius 1 is 1.57 bits per heavy atom. The minimum Gasteiger partial charge on any atom is -0.292 e. The van der Waals surface area contributed by atoms with Crippen LogP contribution in [0.5, 0.6) is 0 Å². The van der Waals surface area contributed by atoms with Crippen LogP contribution in [0.2, 0.25) is 0 Å². The van der Waals surface area contributed by atoms with Crippen LogP contribution < -0.4 is 0 Å². The Bertz CT molecular complexity index is 363. The van der Waals surface area contributed by atoms with Crippen molar-refractivity contribution >= 4 is 5.78 Å². The number of Topliss-reactive ketones (excluding diaryl/α,β-unsaturated/α-hetero) is 1. The standard InChI is InChI=1S/C12H13NO/c1-3-4-5-9-12(14)11-8-6-7-10(2)13-11/h1,6-8H,4-5,9H2,2H3. The average Bonchev–Trinajstić information content (AvgIpc) is 2.18. The molecule has 72 valence electrons. The van der Waals surface area contributed by atoms with Crippen LogP contribution in [0.3, 0.4) is 0 Å². The molecule has 0 spiro atoms. The number of carbonyl (C=O) groups excluding carboxylic acids is 1. The highest BCUT2D eigenvalue weighted by atomic mass is 16.1. The van der Waals surface area contributed by atoms with Crippen molar-refractivity contribution in [3.05, 3.63) is 29.6 Å². The van der Waals surface area contributed by atoms with Gasteiger partial charge < -0.3 is 0 Å². The molecule has 0 radical (unpaired) electrons. The van der Waals surface area contributed by atoms with Crippen molar-refractivity contribution in [3.8, 4) is 12.3 Å². The topological polar surface area (TPSA) is 30.0 Å². The van der Waals surface area contributed by atoms with Gasteiger partial charge in [0.25, 0.3) is 0 Å². The van der Waals surface area contributed by atoms with Gasteiger partial charge in [-0.15, -0.1) is 12.3 Å². The molecule has 2 nitrogen and oxygen atoms in total. The summed E-state index contributed by atoms with van der Waals surface area (Å²) in [5, 5.41) is 0. The third kappa shape index (κ3) is 3.02. The van der Waals surface area contributed by atoms with E-state index in [1.165, 1.54) is 0 Å². The Morgan fingerprint density at radius 3 is 3.00 bits per heavy atom. The Morgan fingerprint density at radius 2 is 2.36 bits per heavy atom. The average molecular weight is 187 g/mol. The van der Waals surface area contributed by atoms with Gasteiger partial charge in [-0.05, 0) is 25.5 Å². The zero-order valence-electron chi connectivity index (χ0n) is 8.29. The molecule has 0 saturated heterocycles. The molecule has 1 aromatic heterocycles. The molecule has 0 amide bonds. The molecule has 0 aliphatic carbocycles. The molecule has 0 atom stereocenters. The summed E-state index contributed by atoms with van der Waals surface area (Å²) in [4.78, 5) is 15.7. The maximum Gasteiger partial charge on any atom is 0.181 e. The third-order valence-electron chi connectivity index (χ3n) is 1.90. The predicted octanol–water partition coefficient (Wildman–Crippen LogP) is 2.38. The number of aromatic nitrogens is 1. The minimum atomic E-state index is 0.0731. The molecule has 0 aliphatic rings. The van der Waals surface area contributed by atoms with Gasteiger partial charge in [-0.1, -0.05) is 6.07 Å². The van der Waals surface area contributed by atoms with E-state index in [2.05, 4.69) is 10.9 Å². The maximum absolute atomic E-state index is 11.5. The second kappa shape index (κ2) is 5.18. The molecule has 0 fully saturated rings. The van der Waals surface area contributed by atoms with Gasteiger partial charge >= 0.3 is 0 Å². The molecule has 1 heterocycles. The Balaban J connectivity index is 2.57. The number of rotatable bonds is 4. The zero-order valence-corrected chi connectivity index (χ0v) is 8.29. The predicted molar refractivity (Wildman–Crippen MR) is 56.0 cm³/mol. The van der Waals surface area contributed by atoms with Crippen molar-refractivity contribution in [2.24, 2.45) is 0 Å². The fourth-order valence-electron chi connectivity index (χ4n) is 1.18. The fourth-order valence-corrected chi connectivity index (χ4v) is 1.18. The van der Waals surface area contributed by atoms with Gasteiger partial charge in [-0.3, -0.25) is 9.78 Å². The number of carbonyl (C=O) groups is 1. The molecule has 14 heavy (non-hydrogen) atoms. The Hall–Kier alpha value is -1.62. The molecular weight excluding hydrogens is 174 g/mol. The van der Waals surface area contributed by atoms with Crippen LogP contribution in [0.25, 0.3) is 0 Å². The molecule has 1 aromatic rings. The quantitative estimate of drug-likeness (QED) is 0.411. The number of unbranched alkanes of at least 4 members (excludes halogenated alkanes) is 1. The van der Waals surface area contributed by atoms with Crippen molar-refractivity contribution in [2.75, 3.05) is 0 Å². The summed E-state index contributed by atoms with van der Waals surface area (Å²) < 4.78 is 0. The molecular formula is C12H13NO. The number of hydrogen-bond donors (Lipinski definition) is 0. The smallest absolute Gasteiger partial charge is 0.181 e. The lowest BCUT2D eigenvalue weighted by Crippen LogP contribution is -2.02. The minimum absolute atomic E-state index is 0.0731. The van der Waals surface area contributed by atoms with Crippen LogP contribution in [-0.4, -0.2) is 10.8 Å². The summed E-state index contributed by atoms with van der Waals surface area (Å²) >= 11 is 0. The van der Waals surface area contributed by atoms with E-state index in [0.717, 1.165) is 12.1 Å². The first-order valence-electron chi connectivity index (χ1n) is 4.64. The van der Waals surface area contributed by atoms with Gasteiger partial charge in [0.2, 0.25) is 0 Å². The lowest BCUT2D eigenvalue weighted by molar-refractivity contribution is 0.0975. The number of pyridine rings is 1. The highest BCUT2D eigenvalue weighted by molar-refractivity contribution is 5.94. The van der Waals surface area contributed by atoms with E-state index in [-0.39, 0.29) is 5.78 Å². The van der Waals surface area contributed by atoms with Crippen molar-refractivity contribution in [1.82, 2.24) is 4.98 Å². The number of hydrogen-bond acceptors (Lipinski definition) is 2. The first-order chi connectivity index (χ1) is 6.74. The van der Waals surface area contributed by atoms with E-state index in [1.807, 2.05) is 19.1 Å². The van der Waals surface area contributed by atoms with Gasteiger partial charge in [0.15, 0.2) is 5.78 Å². The SMILES string of the molecule is C#CCCCC(=O)c1cccc(C)n1. The first kappa shape index (κ1) is 10.5. The monoisotopic (exact) mass is 187 g/mol. The fraction of sp³-hybridized carbons (Fsp3) is 0.333. The van der Waals surface area contributed by atoms with Crippen LogP contribution in [-0.2, 0) is 0 Å². The molecule has 0 aromatic carbocycles. The largest absolute Gasteiger partial charge is 0.292 e. The van der Waals surface area contributed by atoms with Gasteiger partial charge in [0.1, 0.15) is 5.69 Å². The summed E-state index contributed by atoms with van der Waals surface area (Å²) in [6, 6.07) is 5.46. The lowest BCUT2D eigenvalue weighted by Gasteiger charge is -1.99. The first-order valence-corrected chi connectivity index (χ1v) is 4.64. The summed E-state index contributed by atoms with van der Waals surface area (Å²) in [7, 11) is 0. The molecule has 0 N–H and O–H groups in total. The highest BCUT2D eigenvalue weighted by Crippen LogP contribution is 2.05. The van der Waals surface area contributed by atoms with E-state index in [1.54, 1.807) is 6.07 Å². The number of ketones is 1. The molecule has 0 unspecified atom stereocenters. The maximum atomic E-state index is 11.5. The molecule has 2 heteroatoms. The molecule has 0 bridgehead atoms. The second-order valence-electron chi connectivity index (χ2n) is 3.15. The van der Waals surface area contributed by atoms with Crippen molar-refractivity contribution in [3.63, 3.8) is 0 Å². The van der Waals surface area contributed by atoms with Crippen molar-refractivity contribution < 1.29 is 4.79 Å².